The van der Waals surface area contributed by atoms with Gasteiger partial charge >= 0.3 is 5.97 Å². The van der Waals surface area contributed by atoms with Crippen molar-refractivity contribution in [2.24, 2.45) is 11.7 Å². The van der Waals surface area contributed by atoms with Crippen LogP contribution in [0.4, 0.5) is 0 Å². The maximum absolute atomic E-state index is 11.8. The molecular formula is C19H24N2O6. The van der Waals surface area contributed by atoms with E-state index < -0.39 is 25.3 Å². The third-order valence-corrected chi connectivity index (χ3v) is 5.18. The first-order valence-corrected chi connectivity index (χ1v) is 8.81. The first-order chi connectivity index (χ1) is 13.0. The number of hydrogen-bond acceptors (Lipinski definition) is 6. The van der Waals surface area contributed by atoms with Gasteiger partial charge in [-0.3, -0.25) is 0 Å². The Morgan fingerprint density at radius 3 is 2.30 bits per heavy atom. The molecule has 0 spiro atoms. The number of carboxylic acids is 1. The van der Waals surface area contributed by atoms with Crippen LogP contribution >= 0.6 is 0 Å². The van der Waals surface area contributed by atoms with E-state index in [-0.39, 0.29) is 30.3 Å². The molecule has 1 aromatic heterocycles. The fourth-order valence-corrected chi connectivity index (χ4v) is 3.64. The fraction of sp³-hybridized carbons (Fsp3) is 0.421. The Hall–Kier alpha value is -2.23. The summed E-state index contributed by atoms with van der Waals surface area (Å²) in [4.78, 5) is 14.6. The summed E-state index contributed by atoms with van der Waals surface area (Å²) in [5.41, 5.74) is 8.53. The van der Waals surface area contributed by atoms with Gasteiger partial charge in [-0.1, -0.05) is 12.1 Å². The topological polar surface area (TPSA) is 160 Å². The average Bonchev–Trinajstić information content (AvgIpc) is 3.45. The molecule has 27 heavy (non-hydrogen) atoms. The predicted molar refractivity (Wildman–Crippen MR) is 96.5 cm³/mol. The number of nitrogens with one attached hydrogen (secondary N) is 1. The molecule has 1 aliphatic rings. The molecule has 1 saturated carbocycles. The molecule has 0 bridgehead atoms. The van der Waals surface area contributed by atoms with Crippen LogP contribution in [0, 0.1) is 5.92 Å². The molecule has 0 amide bonds. The lowest BCUT2D eigenvalue weighted by Crippen LogP contribution is -2.10. The van der Waals surface area contributed by atoms with Gasteiger partial charge in [0.05, 0.1) is 25.9 Å². The molecule has 2 aromatic rings. The predicted octanol–water partition coefficient (Wildman–Crippen LogP) is 0.759. The highest BCUT2D eigenvalue weighted by molar-refractivity contribution is 5.92. The number of benzene rings is 1. The molecule has 1 atom stereocenters. The summed E-state index contributed by atoms with van der Waals surface area (Å²) in [6.07, 6.45) is 0.645. The van der Waals surface area contributed by atoms with Gasteiger partial charge in [-0.15, -0.1) is 0 Å². The molecule has 0 radical (unpaired) electrons. The number of carboxylic acid groups (broad SMARTS) is 1. The number of aromatic nitrogens is 1. The van der Waals surface area contributed by atoms with Gasteiger partial charge in [0.25, 0.3) is 0 Å². The van der Waals surface area contributed by atoms with E-state index in [1.807, 2.05) is 0 Å². The molecular weight excluding hydrogens is 352 g/mol. The second kappa shape index (κ2) is 7.79. The summed E-state index contributed by atoms with van der Waals surface area (Å²) in [5.74, 6) is -1.22. The largest absolute Gasteiger partial charge is 0.477 e. The van der Waals surface area contributed by atoms with Crippen molar-refractivity contribution >= 4 is 5.97 Å². The van der Waals surface area contributed by atoms with E-state index in [0.717, 1.165) is 12.8 Å². The summed E-state index contributed by atoms with van der Waals surface area (Å²) in [6.45, 7) is -1.12. The van der Waals surface area contributed by atoms with Crippen molar-refractivity contribution in [3.05, 3.63) is 45.8 Å². The smallest absolute Gasteiger partial charge is 0.352 e. The molecule has 0 aliphatic heterocycles. The summed E-state index contributed by atoms with van der Waals surface area (Å²) in [6, 6.07) is 3.26. The lowest BCUT2D eigenvalue weighted by Gasteiger charge is -2.19. The van der Waals surface area contributed by atoms with E-state index in [1.165, 1.54) is 0 Å². The van der Waals surface area contributed by atoms with E-state index in [1.54, 1.807) is 12.1 Å². The molecule has 1 heterocycles. The van der Waals surface area contributed by atoms with Crippen molar-refractivity contribution < 1.29 is 30.3 Å². The molecule has 8 nitrogen and oxygen atoms in total. The van der Waals surface area contributed by atoms with E-state index in [4.69, 9.17) is 5.73 Å². The first-order valence-electron chi connectivity index (χ1n) is 8.81. The van der Waals surface area contributed by atoms with Crippen molar-refractivity contribution in [2.75, 3.05) is 0 Å². The van der Waals surface area contributed by atoms with Gasteiger partial charge in [-0.2, -0.15) is 0 Å². The molecule has 3 rings (SSSR count). The average molecular weight is 376 g/mol. The number of rotatable bonds is 8. The van der Waals surface area contributed by atoms with Crippen LogP contribution in [0.3, 0.4) is 0 Å². The van der Waals surface area contributed by atoms with E-state index in [0.29, 0.717) is 33.5 Å². The zero-order valence-electron chi connectivity index (χ0n) is 14.8. The Bertz CT molecular complexity index is 856. The van der Waals surface area contributed by atoms with Crippen LogP contribution in [-0.4, -0.2) is 36.5 Å². The second-order valence-corrected chi connectivity index (χ2v) is 6.76. The summed E-state index contributed by atoms with van der Waals surface area (Å²) < 4.78 is 0. The first kappa shape index (κ1) is 19.5. The van der Waals surface area contributed by atoms with Crippen molar-refractivity contribution in [1.29, 1.82) is 0 Å². The molecule has 8 heteroatoms. The number of aliphatic hydroxyl groups excluding tert-OH is 4. The lowest BCUT2D eigenvalue weighted by molar-refractivity contribution is 0.0681. The SMILES string of the molecule is NCc1[nH]c(C(=O)O)c(C(O)C2CC2)c1-c1ccc(CO)c(CO)c1CO. The third kappa shape index (κ3) is 3.38. The number of H-pyrrole nitrogens is 1. The van der Waals surface area contributed by atoms with Crippen LogP contribution in [0.15, 0.2) is 12.1 Å². The van der Waals surface area contributed by atoms with Crippen molar-refractivity contribution in [1.82, 2.24) is 4.98 Å². The van der Waals surface area contributed by atoms with Crippen LogP contribution in [0.2, 0.25) is 0 Å². The van der Waals surface area contributed by atoms with Crippen LogP contribution in [0.5, 0.6) is 0 Å². The van der Waals surface area contributed by atoms with Crippen LogP contribution < -0.4 is 5.73 Å². The van der Waals surface area contributed by atoms with E-state index in [9.17, 15) is 30.3 Å². The van der Waals surface area contributed by atoms with Gasteiger partial charge in [0.2, 0.25) is 0 Å². The molecule has 1 aromatic carbocycles. The monoisotopic (exact) mass is 376 g/mol. The zero-order valence-corrected chi connectivity index (χ0v) is 14.8. The van der Waals surface area contributed by atoms with Gasteiger partial charge in [-0.05, 0) is 41.0 Å². The highest BCUT2D eigenvalue weighted by Gasteiger charge is 2.37. The third-order valence-electron chi connectivity index (χ3n) is 5.18. The maximum Gasteiger partial charge on any atom is 0.352 e. The van der Waals surface area contributed by atoms with Gasteiger partial charge < -0.3 is 36.3 Å². The number of aromatic amines is 1. The number of nitrogens with two attached hydrogens (primary N) is 1. The molecule has 1 aliphatic carbocycles. The maximum atomic E-state index is 11.8. The molecule has 0 saturated heterocycles. The molecule has 1 unspecified atom stereocenters. The number of hydrogen-bond donors (Lipinski definition) is 7. The van der Waals surface area contributed by atoms with E-state index in [2.05, 4.69) is 4.98 Å². The number of aromatic carboxylic acids is 1. The highest BCUT2D eigenvalue weighted by atomic mass is 16.4. The summed E-state index contributed by atoms with van der Waals surface area (Å²) >= 11 is 0. The summed E-state index contributed by atoms with van der Waals surface area (Å²) in [5, 5.41) is 49.5. The number of aliphatic hydroxyl groups is 4. The Morgan fingerprint density at radius 2 is 1.81 bits per heavy atom. The zero-order chi connectivity index (χ0) is 19.7. The van der Waals surface area contributed by atoms with Crippen LogP contribution in [0.1, 0.15) is 57.4 Å². The van der Waals surface area contributed by atoms with Gasteiger partial charge in [0, 0.05) is 23.4 Å². The molecule has 8 N–H and O–H groups in total. The van der Waals surface area contributed by atoms with Gasteiger partial charge in [0.15, 0.2) is 0 Å². The molecule has 146 valence electrons. The Balaban J connectivity index is 2.32. The molecule has 1 fully saturated rings. The highest BCUT2D eigenvalue weighted by Crippen LogP contribution is 2.47. The lowest BCUT2D eigenvalue weighted by atomic mass is 9.88. The second-order valence-electron chi connectivity index (χ2n) is 6.76. The van der Waals surface area contributed by atoms with E-state index >= 15 is 0 Å². The minimum absolute atomic E-state index is 0.00801. The summed E-state index contributed by atoms with van der Waals surface area (Å²) in [7, 11) is 0. The Labute approximate surface area is 155 Å². The Kier molecular flexibility index (Phi) is 5.64. The van der Waals surface area contributed by atoms with Crippen molar-refractivity contribution in [3.63, 3.8) is 0 Å². The van der Waals surface area contributed by atoms with Crippen LogP contribution in [-0.2, 0) is 26.4 Å². The van der Waals surface area contributed by atoms with Gasteiger partial charge in [0.1, 0.15) is 5.69 Å². The Morgan fingerprint density at radius 1 is 1.15 bits per heavy atom. The standard InChI is InChI=1S/C19H24N2O6/c20-5-14-15(11-4-3-10(6-22)12(7-23)13(11)8-24)16(17(21-14)19(26)27)18(25)9-1-2-9/h3-4,9,18,21-25H,1-2,5-8,20H2,(H,26,27). The normalized spacial score (nSPS) is 15.1. The fourth-order valence-electron chi connectivity index (χ4n) is 3.64. The van der Waals surface area contributed by atoms with Crippen molar-refractivity contribution in [3.8, 4) is 11.1 Å². The van der Waals surface area contributed by atoms with Crippen LogP contribution in [0.25, 0.3) is 11.1 Å². The minimum atomic E-state index is -1.20. The minimum Gasteiger partial charge on any atom is -0.477 e. The van der Waals surface area contributed by atoms with Crippen molar-refractivity contribution in [2.45, 2.75) is 45.3 Å². The number of carbonyl (C=O) groups is 1. The van der Waals surface area contributed by atoms with Gasteiger partial charge in [-0.25, -0.2) is 4.79 Å². The quantitative estimate of drug-likeness (QED) is 0.358.